The predicted octanol–water partition coefficient (Wildman–Crippen LogP) is 5.01. The van der Waals surface area contributed by atoms with E-state index in [0.29, 0.717) is 11.0 Å². The molecule has 18 heavy (non-hydrogen) atoms. The number of rotatable bonds is 5. The molecule has 0 aliphatic heterocycles. The third-order valence-corrected chi connectivity index (χ3v) is 4.82. The van der Waals surface area contributed by atoms with Gasteiger partial charge in [0, 0.05) is 5.54 Å². The maximum atomic E-state index is 3.78. The van der Waals surface area contributed by atoms with Crippen LogP contribution < -0.4 is 5.32 Å². The smallest absolute Gasteiger partial charge is 0.0125 e. The highest BCUT2D eigenvalue weighted by atomic mass is 15.0. The zero-order valence-corrected chi connectivity index (χ0v) is 13.6. The van der Waals surface area contributed by atoms with Crippen LogP contribution in [0.2, 0.25) is 0 Å². The van der Waals surface area contributed by atoms with E-state index in [0.717, 1.165) is 11.8 Å². The van der Waals surface area contributed by atoms with Gasteiger partial charge in [-0.25, -0.2) is 0 Å². The average Bonchev–Trinajstić information content (AvgIpc) is 2.26. The van der Waals surface area contributed by atoms with Gasteiger partial charge in [-0.1, -0.05) is 34.1 Å². The highest BCUT2D eigenvalue weighted by Crippen LogP contribution is 2.39. The summed E-state index contributed by atoms with van der Waals surface area (Å²) in [6.07, 6.45) is 8.28. The Balaban J connectivity index is 2.28. The molecule has 1 aliphatic carbocycles. The Kier molecular flexibility index (Phi) is 5.70. The molecule has 0 aromatic carbocycles. The molecular weight excluding hydrogens is 218 g/mol. The van der Waals surface area contributed by atoms with Crippen molar-refractivity contribution >= 4 is 0 Å². The normalized spacial score (nSPS) is 26.3. The molecule has 1 nitrogen and oxygen atoms in total. The topological polar surface area (TPSA) is 12.0 Å². The molecule has 0 aromatic rings. The van der Waals surface area contributed by atoms with Crippen LogP contribution in [0.4, 0.5) is 0 Å². The van der Waals surface area contributed by atoms with Crippen LogP contribution in [0.3, 0.4) is 0 Å². The van der Waals surface area contributed by atoms with E-state index in [9.17, 15) is 0 Å². The zero-order chi connectivity index (χ0) is 13.8. The van der Waals surface area contributed by atoms with Gasteiger partial charge in [0.2, 0.25) is 0 Å². The van der Waals surface area contributed by atoms with Gasteiger partial charge in [0.1, 0.15) is 0 Å². The van der Waals surface area contributed by atoms with E-state index in [4.69, 9.17) is 0 Å². The summed E-state index contributed by atoms with van der Waals surface area (Å²) in [5.41, 5.74) is 0.843. The second-order valence-corrected chi connectivity index (χ2v) is 8.10. The van der Waals surface area contributed by atoms with Crippen molar-refractivity contribution in [2.24, 2.45) is 17.3 Å². The Labute approximate surface area is 115 Å². The fourth-order valence-electron chi connectivity index (χ4n) is 3.37. The minimum atomic E-state index is 0.329. The van der Waals surface area contributed by atoms with Crippen molar-refractivity contribution in [3.63, 3.8) is 0 Å². The van der Waals surface area contributed by atoms with Crippen LogP contribution in [0.1, 0.15) is 80.1 Å². The highest BCUT2D eigenvalue weighted by molar-refractivity contribution is 4.83. The van der Waals surface area contributed by atoms with Gasteiger partial charge in [-0.05, 0) is 69.7 Å². The number of nitrogens with one attached hydrogen (secondary N) is 1. The molecule has 0 amide bonds. The maximum Gasteiger partial charge on any atom is 0.0125 e. The SMILES string of the molecule is CCCC(C)(C)NCC1CCC(C(C)(C)C)CC1. The van der Waals surface area contributed by atoms with Gasteiger partial charge in [0.05, 0.1) is 0 Å². The summed E-state index contributed by atoms with van der Waals surface area (Å²) in [6.45, 7) is 15.4. The monoisotopic (exact) mass is 253 g/mol. The summed E-state index contributed by atoms with van der Waals surface area (Å²) in [6, 6.07) is 0. The van der Waals surface area contributed by atoms with Crippen LogP contribution in [0.5, 0.6) is 0 Å². The van der Waals surface area contributed by atoms with E-state index in [2.05, 4.69) is 46.9 Å². The molecule has 108 valence electrons. The van der Waals surface area contributed by atoms with Crippen molar-refractivity contribution in [3.05, 3.63) is 0 Å². The third kappa shape index (κ3) is 5.30. The molecule has 1 heteroatoms. The van der Waals surface area contributed by atoms with Gasteiger partial charge >= 0.3 is 0 Å². The van der Waals surface area contributed by atoms with Gasteiger partial charge in [-0.15, -0.1) is 0 Å². The largest absolute Gasteiger partial charge is 0.312 e. The summed E-state index contributed by atoms with van der Waals surface area (Å²) in [7, 11) is 0. The summed E-state index contributed by atoms with van der Waals surface area (Å²) in [5.74, 6) is 1.86. The first-order chi connectivity index (χ1) is 8.24. The molecule has 1 saturated carbocycles. The molecule has 0 unspecified atom stereocenters. The van der Waals surface area contributed by atoms with Gasteiger partial charge in [0.15, 0.2) is 0 Å². The van der Waals surface area contributed by atoms with Crippen molar-refractivity contribution in [2.75, 3.05) is 6.54 Å². The lowest BCUT2D eigenvalue weighted by molar-refractivity contribution is 0.144. The summed E-state index contributed by atoms with van der Waals surface area (Å²) >= 11 is 0. The standard InChI is InChI=1S/C17H35N/c1-7-12-17(5,6)18-13-14-8-10-15(11-9-14)16(2,3)4/h14-15,18H,7-13H2,1-6H3. The molecule has 0 radical (unpaired) electrons. The lowest BCUT2D eigenvalue weighted by Gasteiger charge is -2.38. The van der Waals surface area contributed by atoms with Gasteiger partial charge < -0.3 is 5.32 Å². The summed E-state index contributed by atoms with van der Waals surface area (Å²) in [4.78, 5) is 0. The molecule has 0 atom stereocenters. The van der Waals surface area contributed by atoms with E-state index in [1.165, 1.54) is 45.1 Å². The van der Waals surface area contributed by atoms with Gasteiger partial charge in [0.25, 0.3) is 0 Å². The molecule has 0 heterocycles. The molecular formula is C17H35N. The molecule has 0 spiro atoms. The molecule has 1 fully saturated rings. The van der Waals surface area contributed by atoms with E-state index in [-0.39, 0.29) is 0 Å². The van der Waals surface area contributed by atoms with Crippen molar-refractivity contribution in [3.8, 4) is 0 Å². The minimum Gasteiger partial charge on any atom is -0.312 e. The molecule has 0 aromatic heterocycles. The average molecular weight is 253 g/mol. The van der Waals surface area contributed by atoms with E-state index in [1.807, 2.05) is 0 Å². The second-order valence-electron chi connectivity index (χ2n) is 8.10. The van der Waals surface area contributed by atoms with Gasteiger partial charge in [-0.3, -0.25) is 0 Å². The first kappa shape index (κ1) is 16.0. The molecule has 1 aliphatic rings. The molecule has 1 N–H and O–H groups in total. The Hall–Kier alpha value is -0.0400. The van der Waals surface area contributed by atoms with Crippen LogP contribution in [0.25, 0.3) is 0 Å². The van der Waals surface area contributed by atoms with Crippen LogP contribution in [-0.2, 0) is 0 Å². The van der Waals surface area contributed by atoms with Crippen molar-refractivity contribution in [1.82, 2.24) is 5.32 Å². The zero-order valence-electron chi connectivity index (χ0n) is 13.6. The van der Waals surface area contributed by atoms with Crippen LogP contribution in [0, 0.1) is 17.3 Å². The van der Waals surface area contributed by atoms with Crippen molar-refractivity contribution < 1.29 is 0 Å². The Bertz CT molecular complexity index is 228. The fourth-order valence-corrected chi connectivity index (χ4v) is 3.37. The lowest BCUT2D eigenvalue weighted by atomic mass is 9.70. The van der Waals surface area contributed by atoms with E-state index < -0.39 is 0 Å². The first-order valence-corrected chi connectivity index (χ1v) is 7.99. The summed E-state index contributed by atoms with van der Waals surface area (Å²) in [5, 5.41) is 3.78. The molecule has 1 rings (SSSR count). The fraction of sp³-hybridized carbons (Fsp3) is 1.00. The van der Waals surface area contributed by atoms with Crippen LogP contribution in [0.15, 0.2) is 0 Å². The second kappa shape index (κ2) is 6.41. The minimum absolute atomic E-state index is 0.329. The van der Waals surface area contributed by atoms with Crippen molar-refractivity contribution in [2.45, 2.75) is 85.6 Å². The van der Waals surface area contributed by atoms with Crippen LogP contribution in [-0.4, -0.2) is 12.1 Å². The van der Waals surface area contributed by atoms with E-state index >= 15 is 0 Å². The third-order valence-electron chi connectivity index (χ3n) is 4.82. The Morgan fingerprint density at radius 2 is 1.50 bits per heavy atom. The maximum absolute atomic E-state index is 3.78. The number of hydrogen-bond acceptors (Lipinski definition) is 1. The highest BCUT2D eigenvalue weighted by Gasteiger charge is 2.30. The summed E-state index contributed by atoms with van der Waals surface area (Å²) < 4.78 is 0. The molecule has 0 bridgehead atoms. The quantitative estimate of drug-likeness (QED) is 0.726. The lowest BCUT2D eigenvalue weighted by Crippen LogP contribution is -2.42. The van der Waals surface area contributed by atoms with Crippen LogP contribution >= 0.6 is 0 Å². The van der Waals surface area contributed by atoms with E-state index in [1.54, 1.807) is 0 Å². The van der Waals surface area contributed by atoms with Crippen molar-refractivity contribution in [1.29, 1.82) is 0 Å². The predicted molar refractivity (Wildman–Crippen MR) is 81.9 cm³/mol. The first-order valence-electron chi connectivity index (χ1n) is 7.99. The number of hydrogen-bond donors (Lipinski definition) is 1. The Morgan fingerprint density at radius 3 is 1.94 bits per heavy atom. The van der Waals surface area contributed by atoms with Gasteiger partial charge in [-0.2, -0.15) is 0 Å². The Morgan fingerprint density at radius 1 is 0.944 bits per heavy atom. The molecule has 0 saturated heterocycles.